The van der Waals surface area contributed by atoms with Crippen molar-refractivity contribution in [2.75, 3.05) is 12.8 Å². The van der Waals surface area contributed by atoms with Crippen LogP contribution in [0.3, 0.4) is 0 Å². The minimum Gasteiger partial charge on any atom is -0.149 e. The van der Waals surface area contributed by atoms with E-state index in [1.54, 1.807) is 0 Å². The summed E-state index contributed by atoms with van der Waals surface area (Å²) in [5, 5.41) is 3.68. The first-order valence-electron chi connectivity index (χ1n) is 5.15. The lowest BCUT2D eigenvalue weighted by Crippen LogP contribution is -2.02. The number of aryl methyl sites for hydroxylation is 1. The number of hydrogen-bond donors (Lipinski definition) is 0. The van der Waals surface area contributed by atoms with Crippen LogP contribution in [0.5, 0.6) is 0 Å². The Kier molecular flexibility index (Phi) is 3.94. The largest absolute Gasteiger partial charge is 0.149 e. The molecule has 1 aromatic carbocycles. The molecule has 0 saturated heterocycles. The van der Waals surface area contributed by atoms with Gasteiger partial charge in [-0.1, -0.05) is 44.3 Å². The van der Waals surface area contributed by atoms with E-state index >= 15 is 0 Å². The van der Waals surface area contributed by atoms with Gasteiger partial charge in [0.15, 0.2) is 0 Å². The summed E-state index contributed by atoms with van der Waals surface area (Å²) in [4.78, 5) is 1.51. The van der Waals surface area contributed by atoms with Crippen LogP contribution in [0, 0.1) is 0 Å². The summed E-state index contributed by atoms with van der Waals surface area (Å²) in [6.07, 6.45) is 2.54. The lowest BCUT2D eigenvalue weighted by molar-refractivity contribution is 1.20. The van der Waals surface area contributed by atoms with Gasteiger partial charge < -0.3 is 0 Å². The zero-order valence-corrected chi connectivity index (χ0v) is 10.6. The van der Waals surface area contributed by atoms with E-state index in [1.807, 2.05) is 11.3 Å². The Morgan fingerprint density at radius 3 is 2.53 bits per heavy atom. The van der Waals surface area contributed by atoms with Gasteiger partial charge in [-0.05, 0) is 36.0 Å². The maximum Gasteiger partial charge on any atom is 0.00488 e. The third-order valence-electron chi connectivity index (χ3n) is 2.47. The number of thiophene rings is 1. The highest BCUT2D eigenvalue weighted by molar-refractivity contribution is 7.64. The first-order valence-corrected chi connectivity index (χ1v) is 8.00. The Bertz CT molecular complexity index is 380. The summed E-state index contributed by atoms with van der Waals surface area (Å²) < 4.78 is 0. The van der Waals surface area contributed by atoms with Crippen LogP contribution in [0.15, 0.2) is 47.8 Å². The fraction of sp³-hybridized carbons (Fsp3) is 0.231. The molecular formula is C13H15PS. The molecule has 0 aliphatic heterocycles. The fourth-order valence-corrected chi connectivity index (χ4v) is 3.92. The average molecular weight is 234 g/mol. The van der Waals surface area contributed by atoms with E-state index in [9.17, 15) is 0 Å². The van der Waals surface area contributed by atoms with Gasteiger partial charge in [0.25, 0.3) is 0 Å². The summed E-state index contributed by atoms with van der Waals surface area (Å²) in [6, 6.07) is 15.2. The second-order valence-corrected chi connectivity index (χ2v) is 6.98. The molecule has 1 aromatic heterocycles. The lowest BCUT2D eigenvalue weighted by atomic mass is 10.4. The summed E-state index contributed by atoms with van der Waals surface area (Å²) in [7, 11) is 0.0262. The highest BCUT2D eigenvalue weighted by Gasteiger charge is 2.04. The number of hydrogen-bond acceptors (Lipinski definition) is 1. The molecule has 78 valence electrons. The zero-order chi connectivity index (χ0) is 10.5. The summed E-state index contributed by atoms with van der Waals surface area (Å²) in [5.41, 5.74) is 0. The van der Waals surface area contributed by atoms with Crippen molar-refractivity contribution < 1.29 is 0 Å². The van der Waals surface area contributed by atoms with E-state index in [1.165, 1.54) is 22.8 Å². The standard InChI is InChI=1S/C13H15PS/c1-14(12-6-3-2-4-7-12)10-9-13-8-5-11-15-13/h2-8,11H,9-10H2,1H3. The van der Waals surface area contributed by atoms with Crippen LogP contribution in [-0.2, 0) is 6.42 Å². The fourth-order valence-electron chi connectivity index (χ4n) is 1.54. The van der Waals surface area contributed by atoms with E-state index in [4.69, 9.17) is 0 Å². The molecule has 0 aliphatic carbocycles. The van der Waals surface area contributed by atoms with Crippen LogP contribution >= 0.6 is 19.3 Å². The molecule has 1 heterocycles. The van der Waals surface area contributed by atoms with Crippen molar-refractivity contribution in [2.45, 2.75) is 6.42 Å². The summed E-state index contributed by atoms with van der Waals surface area (Å²) in [5.74, 6) is 0. The molecule has 0 saturated carbocycles. The molecule has 2 heteroatoms. The third-order valence-corrected chi connectivity index (χ3v) is 5.48. The second kappa shape index (κ2) is 5.44. The van der Waals surface area contributed by atoms with Gasteiger partial charge >= 0.3 is 0 Å². The third kappa shape index (κ3) is 3.15. The first-order chi connectivity index (χ1) is 7.36. The molecule has 0 N–H and O–H groups in total. The SMILES string of the molecule is CP(CCc1cccs1)c1ccccc1. The van der Waals surface area contributed by atoms with Gasteiger partial charge in [-0.15, -0.1) is 11.3 Å². The minimum atomic E-state index is 0.0262. The van der Waals surface area contributed by atoms with Crippen LogP contribution in [0.2, 0.25) is 0 Å². The van der Waals surface area contributed by atoms with Crippen LogP contribution in [0.25, 0.3) is 0 Å². The molecule has 2 rings (SSSR count). The smallest absolute Gasteiger partial charge is 0.00488 e. The Hall–Kier alpha value is -0.650. The summed E-state index contributed by atoms with van der Waals surface area (Å²) in [6.45, 7) is 2.37. The second-order valence-electron chi connectivity index (χ2n) is 3.59. The molecular weight excluding hydrogens is 219 g/mol. The molecule has 0 aliphatic rings. The quantitative estimate of drug-likeness (QED) is 0.707. The van der Waals surface area contributed by atoms with Crippen molar-refractivity contribution in [3.8, 4) is 0 Å². The molecule has 0 spiro atoms. The molecule has 0 bridgehead atoms. The van der Waals surface area contributed by atoms with E-state index in [0.29, 0.717) is 0 Å². The van der Waals surface area contributed by atoms with E-state index in [2.05, 4.69) is 54.5 Å². The molecule has 1 unspecified atom stereocenters. The highest BCUT2D eigenvalue weighted by atomic mass is 32.1. The minimum absolute atomic E-state index is 0.0262. The van der Waals surface area contributed by atoms with Crippen molar-refractivity contribution in [1.29, 1.82) is 0 Å². The maximum absolute atomic E-state index is 2.37. The Balaban J connectivity index is 1.90. The monoisotopic (exact) mass is 234 g/mol. The summed E-state index contributed by atoms with van der Waals surface area (Å²) >= 11 is 1.87. The zero-order valence-electron chi connectivity index (χ0n) is 8.89. The van der Waals surface area contributed by atoms with Crippen molar-refractivity contribution in [1.82, 2.24) is 0 Å². The first kappa shape index (κ1) is 10.9. The lowest BCUT2D eigenvalue weighted by Gasteiger charge is -2.11. The molecule has 15 heavy (non-hydrogen) atoms. The van der Waals surface area contributed by atoms with E-state index in [0.717, 1.165) is 0 Å². The molecule has 0 amide bonds. The van der Waals surface area contributed by atoms with Crippen LogP contribution in [0.1, 0.15) is 4.88 Å². The van der Waals surface area contributed by atoms with Crippen molar-refractivity contribution >= 4 is 24.6 Å². The topological polar surface area (TPSA) is 0 Å². The van der Waals surface area contributed by atoms with Crippen molar-refractivity contribution in [3.63, 3.8) is 0 Å². The van der Waals surface area contributed by atoms with Crippen molar-refractivity contribution in [3.05, 3.63) is 52.7 Å². The van der Waals surface area contributed by atoms with Gasteiger partial charge in [0, 0.05) is 4.88 Å². The molecule has 2 aromatic rings. The van der Waals surface area contributed by atoms with Gasteiger partial charge in [0.2, 0.25) is 0 Å². The average Bonchev–Trinajstić information content (AvgIpc) is 2.80. The Labute approximate surface area is 96.7 Å². The maximum atomic E-state index is 2.37. The molecule has 0 nitrogen and oxygen atoms in total. The molecule has 1 atom stereocenters. The highest BCUT2D eigenvalue weighted by Crippen LogP contribution is 2.30. The number of rotatable bonds is 4. The van der Waals surface area contributed by atoms with Gasteiger partial charge in [-0.3, -0.25) is 0 Å². The van der Waals surface area contributed by atoms with Gasteiger partial charge in [0.05, 0.1) is 0 Å². The Morgan fingerprint density at radius 2 is 1.87 bits per heavy atom. The van der Waals surface area contributed by atoms with Crippen LogP contribution in [-0.4, -0.2) is 12.8 Å². The van der Waals surface area contributed by atoms with E-state index in [-0.39, 0.29) is 7.92 Å². The normalized spacial score (nSPS) is 12.6. The van der Waals surface area contributed by atoms with Crippen LogP contribution in [0.4, 0.5) is 0 Å². The van der Waals surface area contributed by atoms with Gasteiger partial charge in [0.1, 0.15) is 0 Å². The van der Waals surface area contributed by atoms with Crippen molar-refractivity contribution in [2.24, 2.45) is 0 Å². The Morgan fingerprint density at radius 1 is 1.07 bits per heavy atom. The predicted molar refractivity (Wildman–Crippen MR) is 71.8 cm³/mol. The molecule has 0 fully saturated rings. The van der Waals surface area contributed by atoms with Crippen LogP contribution < -0.4 is 5.30 Å². The van der Waals surface area contributed by atoms with E-state index < -0.39 is 0 Å². The van der Waals surface area contributed by atoms with Gasteiger partial charge in [-0.2, -0.15) is 0 Å². The predicted octanol–water partition coefficient (Wildman–Crippen LogP) is 3.73. The number of benzene rings is 1. The molecule has 0 radical (unpaired) electrons. The van der Waals surface area contributed by atoms with Gasteiger partial charge in [-0.25, -0.2) is 0 Å².